The van der Waals surface area contributed by atoms with E-state index in [4.69, 9.17) is 28.9 Å². The van der Waals surface area contributed by atoms with Crippen LogP contribution in [0, 0.1) is 17.3 Å². The molecule has 11 heteroatoms. The monoisotopic (exact) mass is 608 g/mol. The molecular formula is C33H44N4O7. The summed E-state index contributed by atoms with van der Waals surface area (Å²) in [5.74, 6) is 0.902. The Labute approximate surface area is 258 Å². The molecule has 2 aromatic rings. The highest BCUT2D eigenvalue weighted by molar-refractivity contribution is 5.89. The second-order valence-electron chi connectivity index (χ2n) is 13.1. The van der Waals surface area contributed by atoms with Gasteiger partial charge < -0.3 is 34.0 Å². The third kappa shape index (κ3) is 6.20. The van der Waals surface area contributed by atoms with E-state index >= 15 is 0 Å². The fraction of sp³-hybridized carbons (Fsp3) is 0.667. The average Bonchev–Trinajstić information content (AvgIpc) is 3.66. The van der Waals surface area contributed by atoms with Crippen LogP contribution in [0.1, 0.15) is 70.9 Å². The number of fused-ring (bicyclic) bond motifs is 5. The molecule has 11 nitrogen and oxygen atoms in total. The summed E-state index contributed by atoms with van der Waals surface area (Å²) in [7, 11) is 1.61. The van der Waals surface area contributed by atoms with Crippen molar-refractivity contribution >= 4 is 29.3 Å². The first kappa shape index (κ1) is 30.6. The van der Waals surface area contributed by atoms with Crippen molar-refractivity contribution in [3.05, 3.63) is 23.9 Å². The lowest BCUT2D eigenvalue weighted by atomic mass is 9.75. The number of aromatic nitrogens is 2. The minimum absolute atomic E-state index is 0.126. The SMILES string of the molecule is CC[C@@H]1[C@@H]2CN(C(=O)[C@H](C3(C)CCOCC3)NC(=O)O[C@@H]3C[C@H]3CCCCCc3nc4ccc(OC)cc4nc3O2)[C@@H]1C=O. The lowest BCUT2D eigenvalue weighted by Crippen LogP contribution is -2.59. The molecule has 4 aliphatic rings. The molecule has 44 heavy (non-hydrogen) atoms. The predicted octanol–water partition coefficient (Wildman–Crippen LogP) is 4.24. The van der Waals surface area contributed by atoms with Crippen LogP contribution in [0.2, 0.25) is 0 Å². The van der Waals surface area contributed by atoms with Crippen LogP contribution >= 0.6 is 0 Å². The maximum atomic E-state index is 14.4. The van der Waals surface area contributed by atoms with Gasteiger partial charge in [0.05, 0.1) is 30.7 Å². The molecule has 6 rings (SSSR count). The normalized spacial score (nSPS) is 30.9. The van der Waals surface area contributed by atoms with Crippen molar-refractivity contribution in [2.24, 2.45) is 17.3 Å². The number of aryl methyl sites for hydroxylation is 1. The summed E-state index contributed by atoms with van der Waals surface area (Å²) in [6, 6.07) is 4.04. The van der Waals surface area contributed by atoms with Gasteiger partial charge >= 0.3 is 6.09 Å². The minimum Gasteiger partial charge on any atom is -0.497 e. The molecule has 6 atom stereocenters. The number of aldehydes is 1. The maximum absolute atomic E-state index is 14.4. The molecule has 1 N–H and O–H groups in total. The third-order valence-electron chi connectivity index (χ3n) is 10.2. The number of alkyl carbamates (subject to hydrolysis) is 1. The molecular weight excluding hydrogens is 564 g/mol. The molecule has 4 heterocycles. The Morgan fingerprint density at radius 3 is 2.66 bits per heavy atom. The van der Waals surface area contributed by atoms with Gasteiger partial charge in [0.1, 0.15) is 36.0 Å². The number of carbonyl (C=O) groups excluding carboxylic acids is 3. The smallest absolute Gasteiger partial charge is 0.408 e. The number of amides is 2. The van der Waals surface area contributed by atoms with Crippen LogP contribution in [0.4, 0.5) is 4.79 Å². The summed E-state index contributed by atoms with van der Waals surface area (Å²) in [5, 5.41) is 2.95. The van der Waals surface area contributed by atoms with Gasteiger partial charge in [0.25, 0.3) is 0 Å². The van der Waals surface area contributed by atoms with E-state index in [1.807, 2.05) is 32.0 Å². The molecule has 0 spiro atoms. The summed E-state index contributed by atoms with van der Waals surface area (Å²) in [6.45, 7) is 5.19. The zero-order valence-electron chi connectivity index (χ0n) is 26.0. The molecule has 2 saturated heterocycles. The molecule has 0 radical (unpaired) electrons. The van der Waals surface area contributed by atoms with Crippen molar-refractivity contribution in [2.45, 2.75) is 95.9 Å². The molecule has 3 aliphatic heterocycles. The number of ether oxygens (including phenoxy) is 4. The highest BCUT2D eigenvalue weighted by atomic mass is 16.6. The van der Waals surface area contributed by atoms with Crippen molar-refractivity contribution < 1.29 is 33.3 Å². The van der Waals surface area contributed by atoms with Gasteiger partial charge in [0, 0.05) is 30.6 Å². The molecule has 1 aromatic heterocycles. The van der Waals surface area contributed by atoms with Crippen molar-refractivity contribution in [2.75, 3.05) is 26.9 Å². The first-order chi connectivity index (χ1) is 21.3. The molecule has 1 aromatic carbocycles. The number of nitrogens with zero attached hydrogens (tertiary/aromatic N) is 3. The van der Waals surface area contributed by atoms with Crippen LogP contribution in [0.5, 0.6) is 11.6 Å². The largest absolute Gasteiger partial charge is 0.497 e. The molecule has 238 valence electrons. The Morgan fingerprint density at radius 2 is 1.91 bits per heavy atom. The highest BCUT2D eigenvalue weighted by Crippen LogP contribution is 2.40. The van der Waals surface area contributed by atoms with Crippen LogP contribution in [-0.4, -0.2) is 84.3 Å². The second-order valence-corrected chi connectivity index (χ2v) is 13.1. The van der Waals surface area contributed by atoms with Gasteiger partial charge in [0.2, 0.25) is 11.8 Å². The number of benzene rings is 1. The lowest BCUT2D eigenvalue weighted by Gasteiger charge is -2.41. The van der Waals surface area contributed by atoms with Crippen LogP contribution < -0.4 is 14.8 Å². The first-order valence-corrected chi connectivity index (χ1v) is 16.2. The zero-order chi connectivity index (χ0) is 30.8. The van der Waals surface area contributed by atoms with Crippen molar-refractivity contribution in [1.82, 2.24) is 20.2 Å². The maximum Gasteiger partial charge on any atom is 0.408 e. The van der Waals surface area contributed by atoms with Gasteiger partial charge in [-0.25, -0.2) is 14.8 Å². The number of rotatable bonds is 4. The molecule has 2 bridgehead atoms. The Kier molecular flexibility index (Phi) is 8.94. The van der Waals surface area contributed by atoms with Gasteiger partial charge in [-0.1, -0.05) is 26.7 Å². The lowest BCUT2D eigenvalue weighted by molar-refractivity contribution is -0.142. The number of methoxy groups -OCH3 is 1. The van der Waals surface area contributed by atoms with Crippen molar-refractivity contribution in [3.8, 4) is 11.6 Å². The van der Waals surface area contributed by atoms with E-state index in [1.54, 1.807) is 12.0 Å². The summed E-state index contributed by atoms with van der Waals surface area (Å²) >= 11 is 0. The van der Waals surface area contributed by atoms with E-state index in [-0.39, 0.29) is 24.5 Å². The van der Waals surface area contributed by atoms with Gasteiger partial charge in [-0.15, -0.1) is 0 Å². The fourth-order valence-corrected chi connectivity index (χ4v) is 7.18. The summed E-state index contributed by atoms with van der Waals surface area (Å²) < 4.78 is 23.5. The van der Waals surface area contributed by atoms with Gasteiger partial charge in [-0.2, -0.15) is 0 Å². The Bertz CT molecular complexity index is 1380. The number of carbonyl (C=O) groups is 3. The number of hydrogen-bond acceptors (Lipinski definition) is 9. The Balaban J connectivity index is 1.36. The van der Waals surface area contributed by atoms with Gasteiger partial charge in [-0.3, -0.25) is 4.79 Å². The Hall–Kier alpha value is -3.47. The number of nitrogens with one attached hydrogen (secondary N) is 1. The summed E-state index contributed by atoms with van der Waals surface area (Å²) in [4.78, 5) is 51.6. The van der Waals surface area contributed by atoms with E-state index in [9.17, 15) is 14.4 Å². The first-order valence-electron chi connectivity index (χ1n) is 16.2. The summed E-state index contributed by atoms with van der Waals surface area (Å²) in [5.41, 5.74) is 1.64. The van der Waals surface area contributed by atoms with E-state index in [2.05, 4.69) is 5.32 Å². The van der Waals surface area contributed by atoms with E-state index in [0.29, 0.717) is 62.0 Å². The van der Waals surface area contributed by atoms with E-state index in [1.165, 1.54) is 0 Å². The number of hydrogen-bond donors (Lipinski definition) is 1. The third-order valence-corrected chi connectivity index (χ3v) is 10.2. The quantitative estimate of drug-likeness (QED) is 0.507. The zero-order valence-corrected chi connectivity index (χ0v) is 26.0. The van der Waals surface area contributed by atoms with Gasteiger partial charge in [-0.05, 0) is 63.0 Å². The van der Waals surface area contributed by atoms with E-state index in [0.717, 1.165) is 49.6 Å². The van der Waals surface area contributed by atoms with Crippen molar-refractivity contribution in [1.29, 1.82) is 0 Å². The molecule has 2 amide bonds. The minimum atomic E-state index is -0.864. The molecule has 0 unspecified atom stereocenters. The molecule has 1 saturated carbocycles. The summed E-state index contributed by atoms with van der Waals surface area (Å²) in [6.07, 6.45) is 6.97. The highest BCUT2D eigenvalue weighted by Gasteiger charge is 2.51. The molecule has 1 aliphatic carbocycles. The van der Waals surface area contributed by atoms with Crippen LogP contribution in [-0.2, 0) is 25.5 Å². The fourth-order valence-electron chi connectivity index (χ4n) is 7.18. The van der Waals surface area contributed by atoms with Crippen molar-refractivity contribution in [3.63, 3.8) is 0 Å². The Morgan fingerprint density at radius 1 is 1.09 bits per heavy atom. The average molecular weight is 609 g/mol. The van der Waals surface area contributed by atoms with Crippen LogP contribution in [0.15, 0.2) is 18.2 Å². The standard InChI is InChI=1S/C33H44N4O7/c1-4-22-26(19-38)37-18-28(22)43-30-24(34-23-11-10-21(41-3)17-25(23)35-30)9-7-5-6-8-20-16-27(20)44-32(40)36-29(31(37)39)33(2)12-14-42-15-13-33/h10-11,17,19-20,22,26-29H,4-9,12-16,18H2,1-3H3,(H,36,40)/t20-,22+,26-,27-,28+,29-/m1/s1. The van der Waals surface area contributed by atoms with E-state index < -0.39 is 29.7 Å². The predicted molar refractivity (Wildman–Crippen MR) is 161 cm³/mol. The topological polar surface area (TPSA) is 129 Å². The second kappa shape index (κ2) is 12.9. The van der Waals surface area contributed by atoms with Crippen LogP contribution in [0.25, 0.3) is 11.0 Å². The molecule has 3 fully saturated rings. The van der Waals surface area contributed by atoms with Crippen LogP contribution in [0.3, 0.4) is 0 Å². The van der Waals surface area contributed by atoms with Gasteiger partial charge in [0.15, 0.2) is 0 Å².